The second-order valence-corrected chi connectivity index (χ2v) is 7.45. The van der Waals surface area contributed by atoms with E-state index in [1.54, 1.807) is 0 Å². The van der Waals surface area contributed by atoms with Crippen molar-refractivity contribution < 1.29 is 0 Å². The average Bonchev–Trinajstić information content (AvgIpc) is 1.94. The van der Waals surface area contributed by atoms with Gasteiger partial charge in [0.15, 0.2) is 0 Å². The quantitative estimate of drug-likeness (QED) is 0.738. The van der Waals surface area contributed by atoms with Gasteiger partial charge < -0.3 is 5.73 Å². The molecular weight excluding hydrogens is 182 g/mol. The molecule has 15 heavy (non-hydrogen) atoms. The minimum Gasteiger partial charge on any atom is -0.328 e. The molecule has 0 aromatic rings. The summed E-state index contributed by atoms with van der Waals surface area (Å²) in [7, 11) is 0. The SMILES string of the molecule is CC(N)CC12CC3CC(CC(C)(C3)C1)C2. The van der Waals surface area contributed by atoms with Crippen molar-refractivity contribution in [1.82, 2.24) is 0 Å². The summed E-state index contributed by atoms with van der Waals surface area (Å²) >= 11 is 0. The highest BCUT2D eigenvalue weighted by molar-refractivity contribution is 5.06. The van der Waals surface area contributed by atoms with Gasteiger partial charge in [-0.15, -0.1) is 0 Å². The van der Waals surface area contributed by atoms with Gasteiger partial charge in [-0.05, 0) is 74.5 Å². The summed E-state index contributed by atoms with van der Waals surface area (Å²) in [5, 5.41) is 0. The van der Waals surface area contributed by atoms with Gasteiger partial charge in [-0.25, -0.2) is 0 Å². The molecule has 4 saturated carbocycles. The number of nitrogens with two attached hydrogens (primary N) is 1. The molecule has 0 aromatic heterocycles. The van der Waals surface area contributed by atoms with Gasteiger partial charge in [-0.3, -0.25) is 0 Å². The van der Waals surface area contributed by atoms with E-state index in [4.69, 9.17) is 5.73 Å². The first-order valence-corrected chi connectivity index (χ1v) is 6.74. The van der Waals surface area contributed by atoms with E-state index in [1.165, 1.54) is 44.9 Å². The third-order valence-electron chi connectivity index (χ3n) is 5.23. The van der Waals surface area contributed by atoms with Gasteiger partial charge in [-0.1, -0.05) is 6.92 Å². The van der Waals surface area contributed by atoms with Crippen molar-refractivity contribution in [3.63, 3.8) is 0 Å². The average molecular weight is 207 g/mol. The van der Waals surface area contributed by atoms with Crippen LogP contribution >= 0.6 is 0 Å². The molecule has 0 aliphatic heterocycles. The summed E-state index contributed by atoms with van der Waals surface area (Å²) in [5.74, 6) is 2.10. The van der Waals surface area contributed by atoms with E-state index >= 15 is 0 Å². The molecule has 0 saturated heterocycles. The molecule has 4 fully saturated rings. The maximum absolute atomic E-state index is 6.06. The summed E-state index contributed by atoms with van der Waals surface area (Å²) in [6.07, 6.45) is 10.3. The summed E-state index contributed by atoms with van der Waals surface area (Å²) < 4.78 is 0. The third-order valence-corrected chi connectivity index (χ3v) is 5.23. The largest absolute Gasteiger partial charge is 0.328 e. The third kappa shape index (κ3) is 1.63. The highest BCUT2D eigenvalue weighted by Crippen LogP contribution is 2.66. The standard InChI is InChI=1S/C14H25N/c1-10(15)4-14-7-11-3-12(8-14)6-13(2,5-11)9-14/h10-12H,3-9,15H2,1-2H3. The van der Waals surface area contributed by atoms with Crippen LogP contribution in [0.2, 0.25) is 0 Å². The second-order valence-electron chi connectivity index (χ2n) is 7.45. The molecule has 0 radical (unpaired) electrons. The molecule has 1 nitrogen and oxygen atoms in total. The molecule has 0 aromatic carbocycles. The van der Waals surface area contributed by atoms with E-state index in [9.17, 15) is 0 Å². The lowest BCUT2D eigenvalue weighted by Gasteiger charge is -2.62. The molecule has 1 heteroatoms. The molecule has 4 bridgehead atoms. The molecule has 3 atom stereocenters. The van der Waals surface area contributed by atoms with Crippen LogP contribution < -0.4 is 5.73 Å². The monoisotopic (exact) mass is 207 g/mol. The van der Waals surface area contributed by atoms with E-state index in [2.05, 4.69) is 13.8 Å². The van der Waals surface area contributed by atoms with Crippen molar-refractivity contribution in [3.05, 3.63) is 0 Å². The lowest BCUT2D eigenvalue weighted by atomic mass is 9.44. The Hall–Kier alpha value is -0.0400. The lowest BCUT2D eigenvalue weighted by Crippen LogP contribution is -2.52. The van der Waals surface area contributed by atoms with Crippen molar-refractivity contribution in [2.45, 2.75) is 64.8 Å². The van der Waals surface area contributed by atoms with Crippen LogP contribution in [0, 0.1) is 22.7 Å². The fourth-order valence-electron chi connectivity index (χ4n) is 5.85. The topological polar surface area (TPSA) is 26.0 Å². The first kappa shape index (κ1) is 10.1. The van der Waals surface area contributed by atoms with Gasteiger partial charge in [0.25, 0.3) is 0 Å². The fourth-order valence-corrected chi connectivity index (χ4v) is 5.85. The zero-order chi connectivity index (χ0) is 10.7. The van der Waals surface area contributed by atoms with Crippen LogP contribution in [0.25, 0.3) is 0 Å². The Kier molecular flexibility index (Phi) is 2.03. The maximum Gasteiger partial charge on any atom is 0.00157 e. The van der Waals surface area contributed by atoms with Crippen LogP contribution in [0.4, 0.5) is 0 Å². The molecule has 86 valence electrons. The van der Waals surface area contributed by atoms with E-state index in [0.717, 1.165) is 11.8 Å². The van der Waals surface area contributed by atoms with E-state index in [-0.39, 0.29) is 0 Å². The summed E-state index contributed by atoms with van der Waals surface area (Å²) in [5.41, 5.74) is 7.41. The Morgan fingerprint density at radius 3 is 2.27 bits per heavy atom. The molecule has 0 spiro atoms. The van der Waals surface area contributed by atoms with E-state index < -0.39 is 0 Å². The molecular formula is C14H25N. The van der Waals surface area contributed by atoms with Crippen molar-refractivity contribution in [2.24, 2.45) is 28.4 Å². The molecule has 4 aliphatic carbocycles. The van der Waals surface area contributed by atoms with Gasteiger partial charge in [0.2, 0.25) is 0 Å². The smallest absolute Gasteiger partial charge is 0.00157 e. The van der Waals surface area contributed by atoms with Crippen LogP contribution in [0.5, 0.6) is 0 Å². The molecule has 4 aliphatic rings. The van der Waals surface area contributed by atoms with Crippen molar-refractivity contribution in [1.29, 1.82) is 0 Å². The van der Waals surface area contributed by atoms with Gasteiger partial charge in [-0.2, -0.15) is 0 Å². The highest BCUT2D eigenvalue weighted by atomic mass is 14.7. The predicted octanol–water partition coefficient (Wildman–Crippen LogP) is 3.33. The predicted molar refractivity (Wildman–Crippen MR) is 63.5 cm³/mol. The van der Waals surface area contributed by atoms with E-state index in [0.29, 0.717) is 16.9 Å². The summed E-state index contributed by atoms with van der Waals surface area (Å²) in [6, 6.07) is 0.407. The number of rotatable bonds is 2. The normalized spacial score (nSPS) is 54.6. The summed E-state index contributed by atoms with van der Waals surface area (Å²) in [4.78, 5) is 0. The van der Waals surface area contributed by atoms with Crippen LogP contribution in [-0.2, 0) is 0 Å². The summed E-state index contributed by atoms with van der Waals surface area (Å²) in [6.45, 7) is 4.74. The first-order valence-electron chi connectivity index (χ1n) is 6.74. The van der Waals surface area contributed by atoms with Gasteiger partial charge >= 0.3 is 0 Å². The molecule has 2 N–H and O–H groups in total. The van der Waals surface area contributed by atoms with Crippen molar-refractivity contribution in [2.75, 3.05) is 0 Å². The molecule has 3 unspecified atom stereocenters. The minimum atomic E-state index is 0.407. The Morgan fingerprint density at radius 2 is 1.80 bits per heavy atom. The lowest BCUT2D eigenvalue weighted by molar-refractivity contribution is -0.107. The van der Waals surface area contributed by atoms with Gasteiger partial charge in [0.1, 0.15) is 0 Å². The second kappa shape index (κ2) is 3.00. The Morgan fingerprint density at radius 1 is 1.20 bits per heavy atom. The Labute approximate surface area is 93.8 Å². The van der Waals surface area contributed by atoms with Gasteiger partial charge in [0.05, 0.1) is 0 Å². The van der Waals surface area contributed by atoms with Crippen LogP contribution in [0.1, 0.15) is 58.8 Å². The maximum atomic E-state index is 6.06. The molecule has 0 amide bonds. The molecule has 0 heterocycles. The van der Waals surface area contributed by atoms with Crippen LogP contribution in [0.3, 0.4) is 0 Å². The molecule has 4 rings (SSSR count). The van der Waals surface area contributed by atoms with Crippen LogP contribution in [-0.4, -0.2) is 6.04 Å². The van der Waals surface area contributed by atoms with Gasteiger partial charge in [0, 0.05) is 6.04 Å². The van der Waals surface area contributed by atoms with Crippen molar-refractivity contribution in [3.8, 4) is 0 Å². The Bertz CT molecular complexity index is 249. The Balaban J connectivity index is 1.86. The first-order chi connectivity index (χ1) is 6.99. The zero-order valence-electron chi connectivity index (χ0n) is 10.3. The van der Waals surface area contributed by atoms with Crippen LogP contribution in [0.15, 0.2) is 0 Å². The van der Waals surface area contributed by atoms with Crippen molar-refractivity contribution >= 4 is 0 Å². The minimum absolute atomic E-state index is 0.407. The fraction of sp³-hybridized carbons (Fsp3) is 1.00. The number of hydrogen-bond donors (Lipinski definition) is 1. The zero-order valence-corrected chi connectivity index (χ0v) is 10.3. The number of hydrogen-bond acceptors (Lipinski definition) is 1. The van der Waals surface area contributed by atoms with E-state index in [1.807, 2.05) is 0 Å². The highest BCUT2D eigenvalue weighted by Gasteiger charge is 2.55.